The first-order valence-electron chi connectivity index (χ1n) is 5.06. The lowest BCUT2D eigenvalue weighted by Crippen LogP contribution is -1.99. The molecule has 0 radical (unpaired) electrons. The molecule has 94 valence electrons. The Kier molecular flexibility index (Phi) is 3.90. The highest BCUT2D eigenvalue weighted by atomic mass is 35.5. The van der Waals surface area contributed by atoms with Crippen molar-refractivity contribution in [3.8, 4) is 0 Å². The summed E-state index contributed by atoms with van der Waals surface area (Å²) >= 11 is 7.31. The molecule has 2 aromatic rings. The molecule has 1 aromatic carbocycles. The van der Waals surface area contributed by atoms with Crippen LogP contribution in [0.5, 0.6) is 0 Å². The van der Waals surface area contributed by atoms with Crippen molar-refractivity contribution in [1.82, 2.24) is 9.97 Å². The van der Waals surface area contributed by atoms with Gasteiger partial charge in [-0.05, 0) is 23.4 Å². The number of aliphatic hydroxyl groups is 1. The molecular weight excluding hydrogens is 272 g/mol. The molecule has 18 heavy (non-hydrogen) atoms. The molecule has 7 heteroatoms. The third kappa shape index (κ3) is 2.84. The average Bonchev–Trinajstić information content (AvgIpc) is 2.30. The van der Waals surface area contributed by atoms with Crippen molar-refractivity contribution in [2.24, 2.45) is 0 Å². The van der Waals surface area contributed by atoms with Crippen LogP contribution in [0.4, 0.5) is 11.6 Å². The van der Waals surface area contributed by atoms with E-state index >= 15 is 0 Å². The van der Waals surface area contributed by atoms with Crippen LogP contribution in [0.1, 0.15) is 5.56 Å². The highest BCUT2D eigenvalue weighted by Crippen LogP contribution is 2.34. The van der Waals surface area contributed by atoms with Crippen molar-refractivity contribution in [3.05, 3.63) is 34.9 Å². The maximum atomic E-state index is 9.27. The zero-order chi connectivity index (χ0) is 13.1. The Morgan fingerprint density at radius 1 is 1.22 bits per heavy atom. The van der Waals surface area contributed by atoms with Gasteiger partial charge in [0.15, 0.2) is 5.16 Å². The maximum Gasteiger partial charge on any atom is 0.196 e. The second kappa shape index (κ2) is 5.43. The third-order valence-corrected chi connectivity index (χ3v) is 3.64. The number of aliphatic hydroxyl groups excluding tert-OH is 1. The highest BCUT2D eigenvalue weighted by molar-refractivity contribution is 7.99. The van der Waals surface area contributed by atoms with Gasteiger partial charge in [0, 0.05) is 11.0 Å². The fourth-order valence-electron chi connectivity index (χ4n) is 1.39. The number of nitrogen functional groups attached to an aromatic ring is 2. The van der Waals surface area contributed by atoms with Gasteiger partial charge in [0.25, 0.3) is 0 Å². The summed E-state index contributed by atoms with van der Waals surface area (Å²) in [6.07, 6.45) is 0. The summed E-state index contributed by atoms with van der Waals surface area (Å²) in [6.45, 7) is -0.110. The molecule has 0 aliphatic rings. The number of benzene rings is 1. The molecular formula is C11H11ClN4OS. The zero-order valence-corrected chi connectivity index (χ0v) is 10.9. The molecule has 0 aliphatic heterocycles. The number of hydrogen-bond acceptors (Lipinski definition) is 6. The van der Waals surface area contributed by atoms with Gasteiger partial charge in [-0.15, -0.1) is 0 Å². The fraction of sp³-hybridized carbons (Fsp3) is 0.0909. The second-order valence-corrected chi connectivity index (χ2v) is 4.87. The number of halogens is 1. The topological polar surface area (TPSA) is 98.1 Å². The molecule has 0 fully saturated rings. The van der Waals surface area contributed by atoms with Gasteiger partial charge >= 0.3 is 0 Å². The van der Waals surface area contributed by atoms with E-state index in [1.54, 1.807) is 18.2 Å². The molecule has 0 atom stereocenters. The zero-order valence-electron chi connectivity index (χ0n) is 9.30. The molecule has 0 unspecified atom stereocenters. The molecule has 1 heterocycles. The van der Waals surface area contributed by atoms with Crippen LogP contribution in [0.15, 0.2) is 34.3 Å². The Morgan fingerprint density at radius 2 is 1.89 bits per heavy atom. The molecule has 1 aromatic heterocycles. The van der Waals surface area contributed by atoms with Gasteiger partial charge in [0.1, 0.15) is 11.6 Å². The number of rotatable bonds is 3. The largest absolute Gasteiger partial charge is 0.392 e. The van der Waals surface area contributed by atoms with Crippen LogP contribution < -0.4 is 11.5 Å². The predicted molar refractivity (Wildman–Crippen MR) is 72.4 cm³/mol. The lowest BCUT2D eigenvalue weighted by Gasteiger charge is -2.08. The Balaban J connectivity index is 2.39. The van der Waals surface area contributed by atoms with Gasteiger partial charge in [-0.25, -0.2) is 9.97 Å². The van der Waals surface area contributed by atoms with E-state index in [0.717, 1.165) is 0 Å². The van der Waals surface area contributed by atoms with E-state index in [9.17, 15) is 5.11 Å². The molecule has 0 amide bonds. The summed E-state index contributed by atoms with van der Waals surface area (Å²) in [5.41, 5.74) is 11.9. The quantitative estimate of drug-likeness (QED) is 0.744. The standard InChI is InChI=1S/C11H11ClN4OS/c12-7-3-1-2-6(5-17)10(7)18-11-15-8(13)4-9(14)16-11/h1-4,17H,5H2,(H4,13,14,15,16). The van der Waals surface area contributed by atoms with Crippen LogP contribution in [0, 0.1) is 0 Å². The van der Waals surface area contributed by atoms with Crippen LogP contribution in [-0.4, -0.2) is 15.1 Å². The Hall–Kier alpha value is -1.50. The first kappa shape index (κ1) is 12.9. The van der Waals surface area contributed by atoms with Crippen molar-refractivity contribution in [3.63, 3.8) is 0 Å². The molecule has 0 spiro atoms. The lowest BCUT2D eigenvalue weighted by molar-refractivity contribution is 0.279. The van der Waals surface area contributed by atoms with Crippen molar-refractivity contribution >= 4 is 35.0 Å². The van der Waals surface area contributed by atoms with Crippen LogP contribution in [0.2, 0.25) is 5.02 Å². The van der Waals surface area contributed by atoms with E-state index in [1.165, 1.54) is 17.8 Å². The van der Waals surface area contributed by atoms with E-state index in [2.05, 4.69) is 9.97 Å². The number of hydrogen-bond donors (Lipinski definition) is 3. The molecule has 2 rings (SSSR count). The summed E-state index contributed by atoms with van der Waals surface area (Å²) in [5, 5.41) is 10.2. The number of nitrogens with zero attached hydrogens (tertiary/aromatic N) is 2. The molecule has 5 nitrogen and oxygen atoms in total. The number of anilines is 2. The van der Waals surface area contributed by atoms with Crippen LogP contribution >= 0.6 is 23.4 Å². The van der Waals surface area contributed by atoms with Gasteiger partial charge in [0.2, 0.25) is 0 Å². The summed E-state index contributed by atoms with van der Waals surface area (Å²) in [7, 11) is 0. The lowest BCUT2D eigenvalue weighted by atomic mass is 10.2. The summed E-state index contributed by atoms with van der Waals surface area (Å²) < 4.78 is 0. The van der Waals surface area contributed by atoms with E-state index < -0.39 is 0 Å². The SMILES string of the molecule is Nc1cc(N)nc(Sc2c(Cl)cccc2CO)n1. The van der Waals surface area contributed by atoms with Gasteiger partial charge in [-0.2, -0.15) is 0 Å². The van der Waals surface area contributed by atoms with Crippen molar-refractivity contribution in [2.75, 3.05) is 11.5 Å². The van der Waals surface area contributed by atoms with E-state index in [4.69, 9.17) is 23.1 Å². The van der Waals surface area contributed by atoms with E-state index in [0.29, 0.717) is 32.3 Å². The Labute approximate surface area is 113 Å². The molecule has 0 aliphatic carbocycles. The first-order chi connectivity index (χ1) is 8.60. The monoisotopic (exact) mass is 282 g/mol. The molecule has 0 bridgehead atoms. The van der Waals surface area contributed by atoms with Gasteiger partial charge < -0.3 is 16.6 Å². The number of nitrogens with two attached hydrogens (primary N) is 2. The smallest absolute Gasteiger partial charge is 0.196 e. The predicted octanol–water partition coefficient (Wildman–Crippen LogP) is 1.94. The minimum atomic E-state index is -0.110. The van der Waals surface area contributed by atoms with Crippen molar-refractivity contribution in [2.45, 2.75) is 16.7 Å². The Bertz CT molecular complexity index is 559. The second-order valence-electron chi connectivity index (χ2n) is 3.49. The van der Waals surface area contributed by atoms with Crippen molar-refractivity contribution < 1.29 is 5.11 Å². The maximum absolute atomic E-state index is 9.27. The van der Waals surface area contributed by atoms with Crippen LogP contribution in [0.3, 0.4) is 0 Å². The van der Waals surface area contributed by atoms with Gasteiger partial charge in [-0.3, -0.25) is 0 Å². The highest BCUT2D eigenvalue weighted by Gasteiger charge is 2.11. The minimum Gasteiger partial charge on any atom is -0.392 e. The normalized spacial score (nSPS) is 10.6. The van der Waals surface area contributed by atoms with Gasteiger partial charge in [0.05, 0.1) is 11.6 Å². The summed E-state index contributed by atoms with van der Waals surface area (Å²) in [6, 6.07) is 6.76. The number of aromatic nitrogens is 2. The van der Waals surface area contributed by atoms with Crippen molar-refractivity contribution in [1.29, 1.82) is 0 Å². The minimum absolute atomic E-state index is 0.110. The average molecular weight is 283 g/mol. The van der Waals surface area contributed by atoms with Crippen LogP contribution in [0.25, 0.3) is 0 Å². The fourth-order valence-corrected chi connectivity index (χ4v) is 2.61. The first-order valence-corrected chi connectivity index (χ1v) is 6.25. The molecule has 0 saturated carbocycles. The molecule has 0 saturated heterocycles. The summed E-state index contributed by atoms with van der Waals surface area (Å²) in [4.78, 5) is 8.81. The van der Waals surface area contributed by atoms with Crippen LogP contribution in [-0.2, 0) is 6.61 Å². The van der Waals surface area contributed by atoms with Gasteiger partial charge in [-0.1, -0.05) is 23.7 Å². The third-order valence-electron chi connectivity index (χ3n) is 2.16. The van der Waals surface area contributed by atoms with E-state index in [-0.39, 0.29) is 6.61 Å². The summed E-state index contributed by atoms with van der Waals surface area (Å²) in [5.74, 6) is 0.588. The molecule has 5 N–H and O–H groups in total. The van der Waals surface area contributed by atoms with E-state index in [1.807, 2.05) is 0 Å². The Morgan fingerprint density at radius 3 is 2.50 bits per heavy atom.